The molecule has 2 rings (SSSR count). The van der Waals surface area contributed by atoms with Gasteiger partial charge in [0.2, 0.25) is 5.91 Å². The predicted octanol–water partition coefficient (Wildman–Crippen LogP) is 2.40. The van der Waals surface area contributed by atoms with Gasteiger partial charge in [-0.2, -0.15) is 5.26 Å². The molecule has 2 aliphatic rings. The molecule has 0 spiro atoms. The van der Waals surface area contributed by atoms with Crippen LogP contribution in [-0.2, 0) is 4.79 Å². The smallest absolute Gasteiger partial charge is 0.228 e. The summed E-state index contributed by atoms with van der Waals surface area (Å²) in [5.41, 5.74) is -0.560. The second-order valence-electron chi connectivity index (χ2n) is 7.07. The Bertz CT molecular complexity index is 396. The molecular formula is C16H27N3O. The van der Waals surface area contributed by atoms with Gasteiger partial charge in [0.25, 0.3) is 0 Å². The first-order valence-electron chi connectivity index (χ1n) is 7.85. The molecule has 1 heterocycles. The van der Waals surface area contributed by atoms with Gasteiger partial charge in [-0.05, 0) is 26.7 Å². The minimum absolute atomic E-state index is 0.134. The average molecular weight is 277 g/mol. The van der Waals surface area contributed by atoms with Crippen molar-refractivity contribution in [3.8, 4) is 6.07 Å². The minimum atomic E-state index is -0.427. The first-order valence-corrected chi connectivity index (χ1v) is 7.85. The fourth-order valence-electron chi connectivity index (χ4n) is 3.47. The second-order valence-corrected chi connectivity index (χ2v) is 7.07. The Kier molecular flexibility index (Phi) is 4.39. The van der Waals surface area contributed by atoms with Crippen molar-refractivity contribution in [2.24, 2.45) is 5.41 Å². The van der Waals surface area contributed by atoms with Gasteiger partial charge in [-0.1, -0.05) is 26.2 Å². The van der Waals surface area contributed by atoms with Crippen LogP contribution >= 0.6 is 0 Å². The molecule has 0 bridgehead atoms. The third kappa shape index (κ3) is 2.98. The topological polar surface area (TPSA) is 47.3 Å². The molecule has 0 aromatic rings. The number of carbonyl (C=O) groups excluding carboxylic acids is 1. The van der Waals surface area contributed by atoms with Gasteiger partial charge < -0.3 is 4.90 Å². The number of carbonyl (C=O) groups is 1. The number of rotatable bonds is 2. The van der Waals surface area contributed by atoms with Crippen LogP contribution in [0.4, 0.5) is 0 Å². The molecule has 2 fully saturated rings. The molecule has 1 amide bonds. The summed E-state index contributed by atoms with van der Waals surface area (Å²) in [5, 5.41) is 9.19. The largest absolute Gasteiger partial charge is 0.340 e. The van der Waals surface area contributed by atoms with Crippen LogP contribution in [0.1, 0.15) is 52.9 Å². The summed E-state index contributed by atoms with van der Waals surface area (Å²) in [7, 11) is 0. The summed E-state index contributed by atoms with van der Waals surface area (Å²) >= 11 is 0. The molecular weight excluding hydrogens is 250 g/mol. The molecule has 1 saturated carbocycles. The fraction of sp³-hybridized carbons (Fsp3) is 0.875. The van der Waals surface area contributed by atoms with Crippen LogP contribution < -0.4 is 0 Å². The zero-order valence-corrected chi connectivity index (χ0v) is 13.1. The first kappa shape index (κ1) is 15.3. The Morgan fingerprint density at radius 2 is 1.65 bits per heavy atom. The van der Waals surface area contributed by atoms with Gasteiger partial charge >= 0.3 is 0 Å². The first-order chi connectivity index (χ1) is 9.39. The van der Waals surface area contributed by atoms with Crippen LogP contribution in [0.2, 0.25) is 0 Å². The zero-order valence-electron chi connectivity index (χ0n) is 13.1. The lowest BCUT2D eigenvalue weighted by atomic mass is 9.74. The Balaban J connectivity index is 1.94. The van der Waals surface area contributed by atoms with Crippen molar-refractivity contribution in [1.29, 1.82) is 5.26 Å². The highest BCUT2D eigenvalue weighted by molar-refractivity contribution is 5.82. The summed E-state index contributed by atoms with van der Waals surface area (Å²) < 4.78 is 0. The van der Waals surface area contributed by atoms with Gasteiger partial charge in [-0.25, -0.2) is 0 Å². The van der Waals surface area contributed by atoms with Gasteiger partial charge in [0.15, 0.2) is 0 Å². The molecule has 0 N–H and O–H groups in total. The van der Waals surface area contributed by atoms with Gasteiger partial charge in [-0.3, -0.25) is 9.69 Å². The van der Waals surface area contributed by atoms with Gasteiger partial charge in [-0.15, -0.1) is 0 Å². The van der Waals surface area contributed by atoms with E-state index >= 15 is 0 Å². The molecule has 1 aliphatic carbocycles. The van der Waals surface area contributed by atoms with E-state index in [1.807, 2.05) is 18.7 Å². The Labute approximate surface area is 122 Å². The number of hydrogen-bond acceptors (Lipinski definition) is 3. The van der Waals surface area contributed by atoms with Crippen LogP contribution in [0.25, 0.3) is 0 Å². The van der Waals surface area contributed by atoms with E-state index in [9.17, 15) is 10.1 Å². The van der Waals surface area contributed by atoms with Crippen LogP contribution in [0.15, 0.2) is 0 Å². The Morgan fingerprint density at radius 3 is 2.15 bits per heavy atom. The van der Waals surface area contributed by atoms with Gasteiger partial charge in [0.05, 0.1) is 6.07 Å². The third-order valence-electron chi connectivity index (χ3n) is 5.10. The fourth-order valence-corrected chi connectivity index (χ4v) is 3.47. The Hall–Kier alpha value is -1.08. The second kappa shape index (κ2) is 5.73. The lowest BCUT2D eigenvalue weighted by Crippen LogP contribution is -2.57. The SMILES string of the molecule is CC1(C(=O)N2CCN(C(C)(C)C#N)CC2)CCCCC1. The maximum absolute atomic E-state index is 12.7. The van der Waals surface area contributed by atoms with E-state index in [1.54, 1.807) is 0 Å². The summed E-state index contributed by atoms with van der Waals surface area (Å²) in [4.78, 5) is 16.9. The number of piperazine rings is 1. The van der Waals surface area contributed by atoms with E-state index in [0.29, 0.717) is 5.91 Å². The van der Waals surface area contributed by atoms with Crippen molar-refractivity contribution >= 4 is 5.91 Å². The van der Waals surface area contributed by atoms with Crippen LogP contribution in [0.5, 0.6) is 0 Å². The van der Waals surface area contributed by atoms with Crippen molar-refractivity contribution in [3.63, 3.8) is 0 Å². The van der Waals surface area contributed by atoms with Crippen molar-refractivity contribution in [2.45, 2.75) is 58.4 Å². The maximum Gasteiger partial charge on any atom is 0.228 e. The molecule has 1 aliphatic heterocycles. The molecule has 0 radical (unpaired) electrons. The van der Waals surface area contributed by atoms with Crippen molar-refractivity contribution in [1.82, 2.24) is 9.80 Å². The normalized spacial score (nSPS) is 24.2. The molecule has 20 heavy (non-hydrogen) atoms. The number of hydrogen-bond donors (Lipinski definition) is 0. The molecule has 4 heteroatoms. The summed E-state index contributed by atoms with van der Waals surface area (Å²) in [5.74, 6) is 0.339. The number of nitrogens with zero attached hydrogens (tertiary/aromatic N) is 3. The molecule has 1 saturated heterocycles. The summed E-state index contributed by atoms with van der Waals surface area (Å²) in [6, 6.07) is 2.35. The molecule has 0 aromatic heterocycles. The summed E-state index contributed by atoms with van der Waals surface area (Å²) in [6.45, 7) is 9.18. The summed E-state index contributed by atoms with van der Waals surface area (Å²) in [6.07, 6.45) is 5.71. The number of amides is 1. The average Bonchev–Trinajstić information content (AvgIpc) is 2.47. The molecule has 0 unspecified atom stereocenters. The molecule has 112 valence electrons. The molecule has 0 aromatic carbocycles. The van der Waals surface area contributed by atoms with Crippen LogP contribution in [0, 0.1) is 16.7 Å². The monoisotopic (exact) mass is 277 g/mol. The highest BCUT2D eigenvalue weighted by Crippen LogP contribution is 2.37. The highest BCUT2D eigenvalue weighted by Gasteiger charge is 2.39. The van der Waals surface area contributed by atoms with E-state index in [2.05, 4.69) is 17.9 Å². The van der Waals surface area contributed by atoms with Crippen molar-refractivity contribution in [2.75, 3.05) is 26.2 Å². The van der Waals surface area contributed by atoms with Crippen molar-refractivity contribution < 1.29 is 4.79 Å². The van der Waals surface area contributed by atoms with E-state index in [4.69, 9.17) is 0 Å². The van der Waals surface area contributed by atoms with E-state index in [1.165, 1.54) is 19.3 Å². The lowest BCUT2D eigenvalue weighted by molar-refractivity contribution is -0.145. The van der Waals surface area contributed by atoms with E-state index < -0.39 is 5.54 Å². The lowest BCUT2D eigenvalue weighted by Gasteiger charge is -2.44. The predicted molar refractivity (Wildman–Crippen MR) is 79.0 cm³/mol. The maximum atomic E-state index is 12.7. The highest BCUT2D eigenvalue weighted by atomic mass is 16.2. The van der Waals surface area contributed by atoms with E-state index in [-0.39, 0.29) is 5.41 Å². The minimum Gasteiger partial charge on any atom is -0.340 e. The number of nitriles is 1. The zero-order chi connectivity index (χ0) is 14.8. The Morgan fingerprint density at radius 1 is 1.10 bits per heavy atom. The van der Waals surface area contributed by atoms with Gasteiger partial charge in [0, 0.05) is 31.6 Å². The van der Waals surface area contributed by atoms with Crippen LogP contribution in [0.3, 0.4) is 0 Å². The molecule has 4 nitrogen and oxygen atoms in total. The third-order valence-corrected chi connectivity index (χ3v) is 5.10. The van der Waals surface area contributed by atoms with Crippen LogP contribution in [-0.4, -0.2) is 47.4 Å². The molecule has 0 atom stereocenters. The van der Waals surface area contributed by atoms with E-state index in [0.717, 1.165) is 39.0 Å². The quantitative estimate of drug-likeness (QED) is 0.778. The standard InChI is InChI=1S/C16H27N3O/c1-15(2,13-17)19-11-9-18(10-12-19)14(20)16(3)7-5-4-6-8-16/h4-12H2,1-3H3. The van der Waals surface area contributed by atoms with Gasteiger partial charge in [0.1, 0.15) is 5.54 Å². The van der Waals surface area contributed by atoms with Crippen molar-refractivity contribution in [3.05, 3.63) is 0 Å².